The molecule has 1 saturated heterocycles. The Balaban J connectivity index is 2.32. The highest BCUT2D eigenvalue weighted by Gasteiger charge is 2.23. The van der Waals surface area contributed by atoms with Gasteiger partial charge in [0.05, 0.1) is 18.8 Å². The maximum atomic E-state index is 5.25. The van der Waals surface area contributed by atoms with Crippen LogP contribution in [0.5, 0.6) is 5.75 Å². The lowest BCUT2D eigenvalue weighted by molar-refractivity contribution is 0.344. The predicted octanol–water partition coefficient (Wildman–Crippen LogP) is 1.89. The summed E-state index contributed by atoms with van der Waals surface area (Å²) in [7, 11) is 1.67. The van der Waals surface area contributed by atoms with E-state index in [4.69, 9.17) is 4.74 Å². The van der Waals surface area contributed by atoms with Crippen molar-refractivity contribution in [1.82, 2.24) is 10.3 Å². The van der Waals surface area contributed by atoms with E-state index in [0.717, 1.165) is 28.9 Å². The van der Waals surface area contributed by atoms with Gasteiger partial charge in [0.25, 0.3) is 0 Å². The summed E-state index contributed by atoms with van der Waals surface area (Å²) < 4.78 is 6.20. The Morgan fingerprint density at radius 1 is 1.69 bits per heavy atom. The lowest BCUT2D eigenvalue weighted by atomic mass is 10.0. The first-order valence-electron chi connectivity index (χ1n) is 4.24. The Kier molecular flexibility index (Phi) is 2.51. The molecule has 3 nitrogen and oxygen atoms in total. The van der Waals surface area contributed by atoms with Crippen LogP contribution in [0, 0.1) is 0 Å². The molecular formula is C9H11BrN2O. The number of hydrogen-bond donors (Lipinski definition) is 1. The van der Waals surface area contributed by atoms with Crippen LogP contribution in [0.25, 0.3) is 0 Å². The van der Waals surface area contributed by atoms with E-state index in [2.05, 4.69) is 26.2 Å². The molecule has 0 radical (unpaired) electrons. The third kappa shape index (κ3) is 1.69. The minimum absolute atomic E-state index is 0.378. The molecule has 1 unspecified atom stereocenters. The number of aromatic nitrogens is 1. The zero-order chi connectivity index (χ0) is 9.26. The number of methoxy groups -OCH3 is 1. The second-order valence-electron chi connectivity index (χ2n) is 3.04. The lowest BCUT2D eigenvalue weighted by Gasteiger charge is -2.28. The lowest BCUT2D eigenvalue weighted by Crippen LogP contribution is -2.35. The predicted molar refractivity (Wildman–Crippen MR) is 53.8 cm³/mol. The van der Waals surface area contributed by atoms with Crippen molar-refractivity contribution in [3.05, 3.63) is 22.4 Å². The van der Waals surface area contributed by atoms with Gasteiger partial charge in [-0.1, -0.05) is 0 Å². The summed E-state index contributed by atoms with van der Waals surface area (Å²) in [5.41, 5.74) is 1.01. The second kappa shape index (κ2) is 3.64. The van der Waals surface area contributed by atoms with Gasteiger partial charge in [0.15, 0.2) is 0 Å². The van der Waals surface area contributed by atoms with Crippen LogP contribution in [0.4, 0.5) is 0 Å². The second-order valence-corrected chi connectivity index (χ2v) is 3.95. The molecular weight excluding hydrogens is 232 g/mol. The van der Waals surface area contributed by atoms with Gasteiger partial charge in [-0.15, -0.1) is 0 Å². The summed E-state index contributed by atoms with van der Waals surface area (Å²) in [6, 6.07) is 2.32. The van der Waals surface area contributed by atoms with Crippen molar-refractivity contribution in [1.29, 1.82) is 0 Å². The van der Waals surface area contributed by atoms with Crippen molar-refractivity contribution < 1.29 is 4.74 Å². The van der Waals surface area contributed by atoms with E-state index >= 15 is 0 Å². The van der Waals surface area contributed by atoms with E-state index in [1.165, 1.54) is 0 Å². The molecule has 0 saturated carbocycles. The fourth-order valence-electron chi connectivity index (χ4n) is 1.38. The van der Waals surface area contributed by atoms with Crippen molar-refractivity contribution in [2.45, 2.75) is 12.5 Å². The fourth-order valence-corrected chi connectivity index (χ4v) is 1.69. The molecule has 1 fully saturated rings. The molecule has 0 spiro atoms. The van der Waals surface area contributed by atoms with E-state index in [-0.39, 0.29) is 0 Å². The first-order valence-corrected chi connectivity index (χ1v) is 5.03. The van der Waals surface area contributed by atoms with Crippen LogP contribution < -0.4 is 10.1 Å². The topological polar surface area (TPSA) is 34.1 Å². The molecule has 4 heteroatoms. The summed E-state index contributed by atoms with van der Waals surface area (Å²) >= 11 is 3.36. The van der Waals surface area contributed by atoms with Gasteiger partial charge in [0, 0.05) is 10.7 Å². The smallest absolute Gasteiger partial charge is 0.143 e. The Labute approximate surface area is 85.6 Å². The van der Waals surface area contributed by atoms with E-state index in [1.807, 2.05) is 6.07 Å². The molecule has 13 heavy (non-hydrogen) atoms. The van der Waals surface area contributed by atoms with Gasteiger partial charge in [0.1, 0.15) is 5.75 Å². The van der Waals surface area contributed by atoms with Crippen LogP contribution in [0.3, 0.4) is 0 Å². The molecule has 0 aromatic carbocycles. The van der Waals surface area contributed by atoms with Crippen LogP contribution in [-0.4, -0.2) is 18.6 Å². The molecule has 1 N–H and O–H groups in total. The fraction of sp³-hybridized carbons (Fsp3) is 0.444. The van der Waals surface area contributed by atoms with Crippen LogP contribution in [0.1, 0.15) is 18.2 Å². The summed E-state index contributed by atoms with van der Waals surface area (Å²) in [6.45, 7) is 1.07. The highest BCUT2D eigenvalue weighted by atomic mass is 79.9. The standard InChI is InChI=1S/C9H11BrN2O/c1-13-8-4-6(10)5-12-9(8)7-2-3-11-7/h4-5,7,11H,2-3H2,1H3. The number of pyridine rings is 1. The summed E-state index contributed by atoms with van der Waals surface area (Å²) in [5.74, 6) is 0.853. The Hall–Kier alpha value is -0.610. The minimum atomic E-state index is 0.378. The van der Waals surface area contributed by atoms with E-state index in [1.54, 1.807) is 13.3 Å². The normalized spacial score (nSPS) is 20.9. The molecule has 0 amide bonds. The van der Waals surface area contributed by atoms with E-state index in [0.29, 0.717) is 6.04 Å². The van der Waals surface area contributed by atoms with Gasteiger partial charge in [-0.3, -0.25) is 4.98 Å². The summed E-state index contributed by atoms with van der Waals surface area (Å²) in [5, 5.41) is 3.30. The molecule has 1 aromatic heterocycles. The quantitative estimate of drug-likeness (QED) is 0.861. The number of nitrogens with zero attached hydrogens (tertiary/aromatic N) is 1. The molecule has 2 rings (SSSR count). The largest absolute Gasteiger partial charge is 0.495 e. The van der Waals surface area contributed by atoms with Crippen molar-refractivity contribution in [2.24, 2.45) is 0 Å². The molecule has 70 valence electrons. The van der Waals surface area contributed by atoms with Crippen molar-refractivity contribution in [3.63, 3.8) is 0 Å². The molecule has 1 atom stereocenters. The molecule has 0 bridgehead atoms. The van der Waals surface area contributed by atoms with E-state index in [9.17, 15) is 0 Å². The van der Waals surface area contributed by atoms with Gasteiger partial charge >= 0.3 is 0 Å². The molecule has 1 aliphatic heterocycles. The number of nitrogens with one attached hydrogen (secondary N) is 1. The molecule has 2 heterocycles. The van der Waals surface area contributed by atoms with Gasteiger partial charge in [0.2, 0.25) is 0 Å². The number of hydrogen-bond acceptors (Lipinski definition) is 3. The first kappa shape index (κ1) is 8.97. The van der Waals surface area contributed by atoms with Crippen LogP contribution in [-0.2, 0) is 0 Å². The molecule has 0 aliphatic carbocycles. The van der Waals surface area contributed by atoms with Gasteiger partial charge in [-0.2, -0.15) is 0 Å². The summed E-state index contributed by atoms with van der Waals surface area (Å²) in [4.78, 5) is 4.34. The molecule has 1 aromatic rings. The third-order valence-electron chi connectivity index (χ3n) is 2.22. The van der Waals surface area contributed by atoms with E-state index < -0.39 is 0 Å². The number of ether oxygens (including phenoxy) is 1. The van der Waals surface area contributed by atoms with Gasteiger partial charge < -0.3 is 10.1 Å². The monoisotopic (exact) mass is 242 g/mol. The number of halogens is 1. The number of rotatable bonds is 2. The van der Waals surface area contributed by atoms with Crippen molar-refractivity contribution in [3.8, 4) is 5.75 Å². The van der Waals surface area contributed by atoms with Crippen LogP contribution >= 0.6 is 15.9 Å². The zero-order valence-corrected chi connectivity index (χ0v) is 8.97. The van der Waals surface area contributed by atoms with Gasteiger partial charge in [-0.05, 0) is 35.0 Å². The maximum absolute atomic E-state index is 5.25. The maximum Gasteiger partial charge on any atom is 0.143 e. The van der Waals surface area contributed by atoms with Crippen molar-refractivity contribution in [2.75, 3.05) is 13.7 Å². The summed E-state index contributed by atoms with van der Waals surface area (Å²) in [6.07, 6.45) is 2.95. The van der Waals surface area contributed by atoms with Crippen molar-refractivity contribution >= 4 is 15.9 Å². The highest BCUT2D eigenvalue weighted by molar-refractivity contribution is 9.10. The first-order chi connectivity index (χ1) is 6.31. The Bertz CT molecular complexity index is 312. The highest BCUT2D eigenvalue weighted by Crippen LogP contribution is 2.30. The Morgan fingerprint density at radius 3 is 3.00 bits per heavy atom. The minimum Gasteiger partial charge on any atom is -0.495 e. The SMILES string of the molecule is COc1cc(Br)cnc1C1CCN1. The van der Waals surface area contributed by atoms with Crippen LogP contribution in [0.15, 0.2) is 16.7 Å². The zero-order valence-electron chi connectivity index (χ0n) is 7.38. The average molecular weight is 243 g/mol. The van der Waals surface area contributed by atoms with Gasteiger partial charge in [-0.25, -0.2) is 0 Å². The third-order valence-corrected chi connectivity index (χ3v) is 2.66. The van der Waals surface area contributed by atoms with Crippen LogP contribution in [0.2, 0.25) is 0 Å². The molecule has 1 aliphatic rings. The average Bonchev–Trinajstić information content (AvgIpc) is 2.05. The Morgan fingerprint density at radius 2 is 2.46 bits per heavy atom.